The first-order valence-electron chi connectivity index (χ1n) is 11.6. The van der Waals surface area contributed by atoms with Crippen LogP contribution in [0.3, 0.4) is 0 Å². The maximum Gasteiger partial charge on any atom is 0.0599 e. The molecule has 4 rings (SSSR count). The van der Waals surface area contributed by atoms with Gasteiger partial charge in [0.1, 0.15) is 0 Å². The largest absolute Gasteiger partial charge is 0.299 e. The van der Waals surface area contributed by atoms with Crippen LogP contribution in [0.1, 0.15) is 82.2 Å². The molecule has 1 atom stereocenters. The van der Waals surface area contributed by atoms with Crippen LogP contribution in [0.15, 0.2) is 53.4 Å². The maximum atomic E-state index is 2.49. The lowest BCUT2D eigenvalue weighted by atomic mass is 9.98. The quantitative estimate of drug-likeness (QED) is 0.447. The number of nitrogens with zero attached hydrogens (tertiary/aromatic N) is 1. The Labute approximate surface area is 174 Å². The van der Waals surface area contributed by atoms with E-state index >= 15 is 0 Å². The second kappa shape index (κ2) is 9.73. The van der Waals surface area contributed by atoms with Crippen LogP contribution < -0.4 is 0 Å². The summed E-state index contributed by atoms with van der Waals surface area (Å²) in [7, 11) is 4.53. The number of allylic oxidation sites excluding steroid dienone is 2. The lowest BCUT2D eigenvalue weighted by molar-refractivity contribution is 0.341. The van der Waals surface area contributed by atoms with Gasteiger partial charge in [0, 0.05) is 0 Å². The minimum Gasteiger partial charge on any atom is -0.299 e. The fraction of sp³-hybridized carbons (Fsp3) is 0.615. The Kier molecular flexibility index (Phi) is 7.08. The molecule has 2 heteroatoms. The van der Waals surface area contributed by atoms with Crippen LogP contribution >= 0.6 is 7.92 Å². The minimum absolute atomic E-state index is 0.00545. The summed E-state index contributed by atoms with van der Waals surface area (Å²) in [6.07, 6.45) is 21.0. The lowest BCUT2D eigenvalue weighted by Crippen LogP contribution is -2.24. The van der Waals surface area contributed by atoms with Gasteiger partial charge < -0.3 is 0 Å². The average Bonchev–Trinajstić information content (AvgIpc) is 3.19. The normalized spacial score (nSPS) is 23.1. The number of rotatable bonds is 6. The van der Waals surface area contributed by atoms with Crippen molar-refractivity contribution in [2.75, 3.05) is 14.1 Å². The predicted molar refractivity (Wildman–Crippen MR) is 124 cm³/mol. The molecule has 3 aliphatic carbocycles. The number of hydrogen-bond donors (Lipinski definition) is 0. The van der Waals surface area contributed by atoms with E-state index in [1.54, 1.807) is 5.57 Å². The predicted octanol–water partition coefficient (Wildman–Crippen LogP) is 7.65. The molecule has 0 aromatic heterocycles. The van der Waals surface area contributed by atoms with E-state index in [1.165, 1.54) is 76.2 Å². The summed E-state index contributed by atoms with van der Waals surface area (Å²) in [4.78, 5) is 2.44. The fourth-order valence-electron chi connectivity index (χ4n) is 5.86. The summed E-state index contributed by atoms with van der Waals surface area (Å²) in [6, 6.07) is 11.6. The van der Waals surface area contributed by atoms with Crippen molar-refractivity contribution in [3.8, 4) is 0 Å². The summed E-state index contributed by atoms with van der Waals surface area (Å²) in [6.45, 7) is 0. The van der Waals surface area contributed by atoms with Crippen LogP contribution in [0, 0.1) is 0 Å². The van der Waals surface area contributed by atoms with E-state index < -0.39 is 0 Å². The Morgan fingerprint density at radius 1 is 0.821 bits per heavy atom. The van der Waals surface area contributed by atoms with E-state index in [0.717, 1.165) is 11.3 Å². The topological polar surface area (TPSA) is 3.24 Å². The molecule has 152 valence electrons. The molecular weight excluding hydrogens is 357 g/mol. The zero-order valence-corrected chi connectivity index (χ0v) is 18.8. The smallest absolute Gasteiger partial charge is 0.0599 e. The molecule has 0 saturated heterocycles. The van der Waals surface area contributed by atoms with E-state index in [0.29, 0.717) is 6.04 Å². The molecule has 28 heavy (non-hydrogen) atoms. The molecule has 0 bridgehead atoms. The molecule has 0 radical (unpaired) electrons. The van der Waals surface area contributed by atoms with Crippen molar-refractivity contribution in [1.82, 2.24) is 4.90 Å². The fourth-order valence-corrected chi connectivity index (χ4v) is 10.00. The van der Waals surface area contributed by atoms with Crippen molar-refractivity contribution in [1.29, 1.82) is 0 Å². The zero-order valence-electron chi connectivity index (χ0n) is 17.9. The highest BCUT2D eigenvalue weighted by atomic mass is 31.1. The zero-order chi connectivity index (χ0) is 19.3. The van der Waals surface area contributed by atoms with Gasteiger partial charge in [0.15, 0.2) is 0 Å². The number of benzene rings is 1. The molecule has 0 heterocycles. The van der Waals surface area contributed by atoms with Gasteiger partial charge in [0.05, 0.1) is 6.04 Å². The first kappa shape index (κ1) is 20.4. The van der Waals surface area contributed by atoms with Crippen molar-refractivity contribution in [2.24, 2.45) is 0 Å². The van der Waals surface area contributed by atoms with E-state index in [9.17, 15) is 0 Å². The van der Waals surface area contributed by atoms with Gasteiger partial charge in [-0.2, -0.15) is 0 Å². The second-order valence-electron chi connectivity index (χ2n) is 9.28. The Balaban J connectivity index is 1.72. The lowest BCUT2D eigenvalue weighted by Gasteiger charge is -2.41. The van der Waals surface area contributed by atoms with Gasteiger partial charge in [-0.15, -0.1) is 0 Å². The van der Waals surface area contributed by atoms with Crippen molar-refractivity contribution in [3.05, 3.63) is 58.9 Å². The molecule has 2 saturated carbocycles. The molecule has 2 fully saturated rings. The third-order valence-corrected chi connectivity index (χ3v) is 10.8. The first-order valence-corrected chi connectivity index (χ1v) is 13.1. The van der Waals surface area contributed by atoms with Crippen molar-refractivity contribution < 1.29 is 0 Å². The van der Waals surface area contributed by atoms with Crippen LogP contribution in [-0.4, -0.2) is 30.3 Å². The molecular formula is C26H38NP. The van der Waals surface area contributed by atoms with E-state index in [4.69, 9.17) is 0 Å². The van der Waals surface area contributed by atoms with Gasteiger partial charge in [-0.3, -0.25) is 4.90 Å². The highest BCUT2D eigenvalue weighted by Gasteiger charge is 2.36. The van der Waals surface area contributed by atoms with Crippen molar-refractivity contribution in [3.63, 3.8) is 0 Å². The van der Waals surface area contributed by atoms with Crippen LogP contribution in [0.5, 0.6) is 0 Å². The third-order valence-electron chi connectivity index (χ3n) is 7.12. The van der Waals surface area contributed by atoms with E-state index in [2.05, 4.69) is 61.5 Å². The van der Waals surface area contributed by atoms with Gasteiger partial charge in [-0.1, -0.05) is 88.9 Å². The monoisotopic (exact) mass is 395 g/mol. The van der Waals surface area contributed by atoms with Crippen molar-refractivity contribution in [2.45, 2.75) is 88.0 Å². The molecule has 0 amide bonds. The van der Waals surface area contributed by atoms with Gasteiger partial charge in [0.2, 0.25) is 0 Å². The Bertz CT molecular complexity index is 660. The van der Waals surface area contributed by atoms with Gasteiger partial charge in [-0.05, 0) is 74.0 Å². The van der Waals surface area contributed by atoms with Gasteiger partial charge in [-0.25, -0.2) is 0 Å². The van der Waals surface area contributed by atoms with E-state index in [1.807, 2.05) is 5.31 Å². The molecule has 0 unspecified atom stereocenters. The number of likely N-dealkylation sites (N-methyl/N-ethyl adjacent to an activating group) is 1. The third kappa shape index (κ3) is 4.47. The Morgan fingerprint density at radius 3 is 1.93 bits per heavy atom. The standard InChI is InChI=1S/C26H38NP/c1-27(2)26(21-13-6-3-7-14-21)24-19-12-20-25(24)28(22-15-8-4-9-16-22)23-17-10-5-11-18-23/h3,6-7,12-14,19,22-23,26H,4-5,8-11,15-18,20H2,1-2H3/t26-/m0/s1. The SMILES string of the molecule is CN(C)[C@H](C1=C(P(C2CCCCC2)C2CCCCC2)CC=C1)c1ccccc1. The van der Waals surface area contributed by atoms with Crippen molar-refractivity contribution >= 4 is 7.92 Å². The number of hydrogen-bond acceptors (Lipinski definition) is 1. The average molecular weight is 396 g/mol. The van der Waals surface area contributed by atoms with Crippen LogP contribution in [0.4, 0.5) is 0 Å². The van der Waals surface area contributed by atoms with Crippen LogP contribution in [0.25, 0.3) is 0 Å². The first-order chi connectivity index (χ1) is 13.8. The molecule has 1 nitrogen and oxygen atoms in total. The Morgan fingerprint density at radius 2 is 1.39 bits per heavy atom. The summed E-state index contributed by atoms with van der Waals surface area (Å²) in [5.41, 5.74) is 5.10. The molecule has 1 aromatic rings. The maximum absolute atomic E-state index is 2.49. The molecule has 3 aliphatic rings. The summed E-state index contributed by atoms with van der Waals surface area (Å²) in [5, 5.41) is 1.87. The van der Waals surface area contributed by atoms with Gasteiger partial charge in [0.25, 0.3) is 0 Å². The summed E-state index contributed by atoms with van der Waals surface area (Å²) >= 11 is 0. The second-order valence-corrected chi connectivity index (χ2v) is 12.1. The molecule has 0 aliphatic heterocycles. The van der Waals surface area contributed by atoms with Crippen LogP contribution in [0.2, 0.25) is 0 Å². The van der Waals surface area contributed by atoms with Crippen LogP contribution in [-0.2, 0) is 0 Å². The molecule has 1 aromatic carbocycles. The highest BCUT2D eigenvalue weighted by molar-refractivity contribution is 7.63. The summed E-state index contributed by atoms with van der Waals surface area (Å²) in [5.74, 6) is 0. The van der Waals surface area contributed by atoms with Gasteiger partial charge >= 0.3 is 0 Å². The molecule has 0 N–H and O–H groups in total. The van der Waals surface area contributed by atoms with E-state index in [-0.39, 0.29) is 7.92 Å². The molecule has 0 spiro atoms. The highest BCUT2D eigenvalue weighted by Crippen LogP contribution is 2.64. The minimum atomic E-state index is 0.00545. The summed E-state index contributed by atoms with van der Waals surface area (Å²) < 4.78 is 0. The Hall–Kier alpha value is -0.910.